The number of primary amides is 1. The van der Waals surface area contributed by atoms with Crippen LogP contribution in [-0.4, -0.2) is 71.8 Å². The number of aromatic nitrogens is 4. The molecule has 1 fully saturated rings. The predicted molar refractivity (Wildman–Crippen MR) is 135 cm³/mol. The van der Waals surface area contributed by atoms with Gasteiger partial charge in [0.2, 0.25) is 20.8 Å². The first-order chi connectivity index (χ1) is 17.1. The summed E-state index contributed by atoms with van der Waals surface area (Å²) in [4.78, 5) is 32.6. The Morgan fingerprint density at radius 2 is 1.89 bits per heavy atom. The van der Waals surface area contributed by atoms with Gasteiger partial charge in [-0.1, -0.05) is 17.7 Å². The van der Waals surface area contributed by atoms with Crippen LogP contribution in [0.4, 0.5) is 5.69 Å². The van der Waals surface area contributed by atoms with Gasteiger partial charge in [-0.15, -0.1) is 5.10 Å². The van der Waals surface area contributed by atoms with Crippen molar-refractivity contribution in [2.75, 3.05) is 37.6 Å². The number of nitrogens with zero attached hydrogens (tertiary/aromatic N) is 5. The Morgan fingerprint density at radius 1 is 1.08 bits per heavy atom. The minimum atomic E-state index is -4.02. The fraction of sp³-hybridized carbons (Fsp3) is 0.333. The third-order valence-corrected chi connectivity index (χ3v) is 8.34. The first-order valence-electron chi connectivity index (χ1n) is 11.6. The van der Waals surface area contributed by atoms with Crippen LogP contribution < -0.4 is 16.2 Å². The smallest absolute Gasteiger partial charge is 0.281 e. The van der Waals surface area contributed by atoms with Crippen LogP contribution in [0.25, 0.3) is 16.6 Å². The second kappa shape index (κ2) is 9.03. The topological polar surface area (TPSA) is 147 Å². The number of nitrogens with one attached hydrogen (secondary N) is 1. The fourth-order valence-electron chi connectivity index (χ4n) is 4.79. The van der Waals surface area contributed by atoms with Gasteiger partial charge in [0, 0.05) is 31.9 Å². The van der Waals surface area contributed by atoms with Crippen LogP contribution in [0.1, 0.15) is 17.5 Å². The van der Waals surface area contributed by atoms with E-state index in [9.17, 15) is 18.0 Å². The molecule has 0 atom stereocenters. The van der Waals surface area contributed by atoms with Crippen molar-refractivity contribution in [3.63, 3.8) is 0 Å². The summed E-state index contributed by atoms with van der Waals surface area (Å²) < 4.78 is 28.4. The SMILES string of the molecule is Cc1ccc(S(=O)(=O)c2n[nH]n3c2nc(=O)c2ccc(N4CCCN(CC(N)=O)CC4)cc23)c(C)c1. The molecule has 5 rings (SSSR count). The second-order valence-corrected chi connectivity index (χ2v) is 11.0. The number of rotatable bonds is 5. The summed E-state index contributed by atoms with van der Waals surface area (Å²) in [6, 6.07) is 10.4. The number of hydrogen-bond donors (Lipinski definition) is 2. The van der Waals surface area contributed by atoms with Gasteiger partial charge in [0.1, 0.15) is 0 Å². The van der Waals surface area contributed by atoms with Crippen LogP contribution in [0.15, 0.2) is 51.1 Å². The summed E-state index contributed by atoms with van der Waals surface area (Å²) in [7, 11) is -4.02. The van der Waals surface area contributed by atoms with Crippen LogP contribution >= 0.6 is 0 Å². The van der Waals surface area contributed by atoms with Crippen molar-refractivity contribution in [2.24, 2.45) is 5.73 Å². The number of H-pyrrole nitrogens is 1. The molecule has 11 nitrogen and oxygen atoms in total. The number of carbonyl (C=O) groups excluding carboxylic acids is 1. The Kier molecular flexibility index (Phi) is 6.00. The summed E-state index contributed by atoms with van der Waals surface area (Å²) in [5, 5.41) is 6.87. The summed E-state index contributed by atoms with van der Waals surface area (Å²) in [5.41, 5.74) is 7.66. The molecule has 0 saturated carbocycles. The van der Waals surface area contributed by atoms with Crippen LogP contribution in [0.2, 0.25) is 0 Å². The van der Waals surface area contributed by atoms with Gasteiger partial charge < -0.3 is 10.6 Å². The number of carbonyl (C=O) groups is 1. The van der Waals surface area contributed by atoms with Crippen molar-refractivity contribution >= 4 is 38.0 Å². The van der Waals surface area contributed by atoms with Crippen molar-refractivity contribution in [1.82, 2.24) is 24.7 Å². The maximum absolute atomic E-state index is 13.5. The highest BCUT2D eigenvalue weighted by Crippen LogP contribution is 2.27. The Morgan fingerprint density at radius 3 is 2.64 bits per heavy atom. The van der Waals surface area contributed by atoms with E-state index in [0.717, 1.165) is 30.8 Å². The maximum atomic E-state index is 13.5. The van der Waals surface area contributed by atoms with E-state index in [-0.39, 0.29) is 28.0 Å². The first-order valence-corrected chi connectivity index (χ1v) is 13.1. The minimum absolute atomic E-state index is 0.0480. The van der Waals surface area contributed by atoms with Gasteiger partial charge in [-0.3, -0.25) is 14.5 Å². The van der Waals surface area contributed by atoms with E-state index < -0.39 is 15.4 Å². The molecule has 36 heavy (non-hydrogen) atoms. The number of amides is 1. The molecule has 0 aliphatic carbocycles. The molecule has 0 radical (unpaired) electrons. The van der Waals surface area contributed by atoms with Gasteiger partial charge in [0.15, 0.2) is 5.65 Å². The second-order valence-electron chi connectivity index (χ2n) is 9.15. The quantitative estimate of drug-likeness (QED) is 0.405. The predicted octanol–water partition coefficient (Wildman–Crippen LogP) is 1.02. The molecule has 1 amide bonds. The molecule has 3 heterocycles. The molecule has 1 aliphatic rings. The van der Waals surface area contributed by atoms with Gasteiger partial charge in [-0.05, 0) is 50.1 Å². The van der Waals surface area contributed by atoms with E-state index in [4.69, 9.17) is 5.73 Å². The van der Waals surface area contributed by atoms with Gasteiger partial charge >= 0.3 is 0 Å². The molecule has 12 heteroatoms. The highest BCUT2D eigenvalue weighted by molar-refractivity contribution is 7.91. The summed E-state index contributed by atoms with van der Waals surface area (Å²) in [6.45, 7) is 6.71. The Balaban J connectivity index is 1.58. The van der Waals surface area contributed by atoms with Gasteiger partial charge in [0.05, 0.1) is 22.3 Å². The number of fused-ring (bicyclic) bond motifs is 3. The monoisotopic (exact) mass is 509 g/mol. The lowest BCUT2D eigenvalue weighted by atomic mass is 10.2. The molecule has 188 valence electrons. The standard InChI is InChI=1S/C24H27N7O4S/c1-15-4-7-20(16(2)12-15)36(34,35)24-22-26-23(33)18-6-5-17(13-19(18)31(22)28-27-24)30-9-3-8-29(10-11-30)14-21(25)32/h4-7,12-13,28H,3,8-11,14H2,1-2H3,(H2,25,32). The van der Waals surface area contributed by atoms with Crippen molar-refractivity contribution in [3.8, 4) is 0 Å². The largest absolute Gasteiger partial charge is 0.370 e. The number of aromatic amines is 1. The Hall–Kier alpha value is -3.77. The van der Waals surface area contributed by atoms with Crippen molar-refractivity contribution < 1.29 is 13.2 Å². The average Bonchev–Trinajstić information content (AvgIpc) is 3.11. The average molecular weight is 510 g/mol. The first kappa shape index (κ1) is 23.9. The van der Waals surface area contributed by atoms with Gasteiger partial charge in [-0.25, -0.2) is 18.1 Å². The third kappa shape index (κ3) is 4.22. The number of sulfone groups is 1. The summed E-state index contributed by atoms with van der Waals surface area (Å²) >= 11 is 0. The molecule has 0 unspecified atom stereocenters. The Bertz CT molecular complexity index is 1660. The van der Waals surface area contributed by atoms with Crippen LogP contribution in [0.5, 0.6) is 0 Å². The van der Waals surface area contributed by atoms with E-state index in [1.807, 2.05) is 24.0 Å². The van der Waals surface area contributed by atoms with Gasteiger partial charge in [0.25, 0.3) is 5.56 Å². The lowest BCUT2D eigenvalue weighted by Crippen LogP contribution is -2.36. The van der Waals surface area contributed by atoms with Crippen LogP contribution in [0.3, 0.4) is 0 Å². The molecule has 1 aliphatic heterocycles. The Labute approximate surface area is 207 Å². The molecule has 4 aromatic rings. The molecule has 0 spiro atoms. The summed E-state index contributed by atoms with van der Waals surface area (Å²) in [6.07, 6.45) is 0.847. The van der Waals surface area contributed by atoms with E-state index in [1.165, 1.54) is 4.52 Å². The van der Waals surface area contributed by atoms with Crippen molar-refractivity contribution in [1.29, 1.82) is 0 Å². The summed E-state index contributed by atoms with van der Waals surface area (Å²) in [5.74, 6) is -0.353. The number of nitrogens with two attached hydrogens (primary N) is 1. The van der Waals surface area contributed by atoms with E-state index in [1.54, 1.807) is 31.2 Å². The highest BCUT2D eigenvalue weighted by atomic mass is 32.2. The molecule has 1 saturated heterocycles. The van der Waals surface area contributed by atoms with Crippen LogP contribution in [-0.2, 0) is 14.6 Å². The van der Waals surface area contributed by atoms with Crippen molar-refractivity contribution in [2.45, 2.75) is 30.2 Å². The minimum Gasteiger partial charge on any atom is -0.370 e. The van der Waals surface area contributed by atoms with E-state index in [2.05, 4.69) is 20.2 Å². The molecule has 2 aromatic heterocycles. The van der Waals surface area contributed by atoms with Crippen LogP contribution in [0, 0.1) is 13.8 Å². The third-order valence-electron chi connectivity index (χ3n) is 6.52. The fourth-order valence-corrected chi connectivity index (χ4v) is 6.26. The maximum Gasteiger partial charge on any atom is 0.281 e. The zero-order valence-electron chi connectivity index (χ0n) is 20.1. The van der Waals surface area contributed by atoms with Crippen molar-refractivity contribution in [3.05, 3.63) is 57.9 Å². The number of anilines is 1. The molecular formula is C24H27N7O4S. The van der Waals surface area contributed by atoms with E-state index >= 15 is 0 Å². The number of aryl methyl sites for hydroxylation is 2. The normalized spacial score (nSPS) is 15.4. The molecular weight excluding hydrogens is 482 g/mol. The molecule has 3 N–H and O–H groups in total. The number of benzene rings is 2. The van der Waals surface area contributed by atoms with Gasteiger partial charge in [-0.2, -0.15) is 4.98 Å². The van der Waals surface area contributed by atoms with E-state index in [0.29, 0.717) is 29.6 Å². The lowest BCUT2D eigenvalue weighted by Gasteiger charge is -2.23. The molecule has 2 aromatic carbocycles. The molecule has 0 bridgehead atoms. The lowest BCUT2D eigenvalue weighted by molar-refractivity contribution is -0.119. The zero-order valence-corrected chi connectivity index (χ0v) is 20.9. The highest BCUT2D eigenvalue weighted by Gasteiger charge is 2.28. The number of hydrogen-bond acceptors (Lipinski definition) is 8. The zero-order chi connectivity index (χ0) is 25.6.